The Kier molecular flexibility index (Phi) is 7.00. The number of likely N-dealkylation sites (N-methyl/N-ethyl adjacent to an activating group) is 1. The van der Waals surface area contributed by atoms with Crippen LogP contribution in [0.2, 0.25) is 10.0 Å². The monoisotopic (exact) mass is 321 g/mol. The van der Waals surface area contributed by atoms with Crippen LogP contribution in [0.3, 0.4) is 0 Å². The highest BCUT2D eigenvalue weighted by Gasteiger charge is 2.19. The summed E-state index contributed by atoms with van der Waals surface area (Å²) in [5.41, 5.74) is 0. The lowest BCUT2D eigenvalue weighted by Gasteiger charge is -2.23. The van der Waals surface area contributed by atoms with Gasteiger partial charge in [0.05, 0.1) is 5.02 Å². The second kappa shape index (κ2) is 8.00. The summed E-state index contributed by atoms with van der Waals surface area (Å²) in [5, 5.41) is 10.4. The number of carbonyl (C=O) groups is 1. The van der Waals surface area contributed by atoms with Crippen LogP contribution in [-0.4, -0.2) is 41.4 Å². The lowest BCUT2D eigenvalue weighted by atomic mass is 10.2. The van der Waals surface area contributed by atoms with Crippen molar-refractivity contribution in [3.05, 3.63) is 28.2 Å². The van der Waals surface area contributed by atoms with Crippen LogP contribution in [0.25, 0.3) is 0 Å². The maximum atomic E-state index is 11.0. The molecule has 0 spiro atoms. The molecule has 1 N–H and O–H groups in total. The summed E-state index contributed by atoms with van der Waals surface area (Å²) >= 11 is 13.6. The van der Waals surface area contributed by atoms with Gasteiger partial charge in [0, 0.05) is 22.2 Å². The Morgan fingerprint density at radius 2 is 2.16 bits per heavy atom. The normalized spacial score (nSPS) is 12.7. The number of aliphatic carboxylic acids is 1. The minimum absolute atomic E-state index is 0.435. The number of hydrogen-bond acceptors (Lipinski definition) is 3. The standard InChI is InChI=1S/C13H17Cl2NO2S/c1-3-11(13(17)18)16(2)6-7-19-12-8-9(14)4-5-10(12)15/h4-5,8,11H,3,6-7H2,1-2H3,(H,17,18). The minimum atomic E-state index is -0.782. The van der Waals surface area contributed by atoms with E-state index >= 15 is 0 Å². The van der Waals surface area contributed by atoms with Crippen molar-refractivity contribution >= 4 is 40.9 Å². The van der Waals surface area contributed by atoms with E-state index in [-0.39, 0.29) is 0 Å². The molecule has 0 aliphatic carbocycles. The minimum Gasteiger partial charge on any atom is -0.480 e. The zero-order chi connectivity index (χ0) is 14.4. The van der Waals surface area contributed by atoms with Crippen LogP contribution in [0.4, 0.5) is 0 Å². The average molecular weight is 322 g/mol. The predicted molar refractivity (Wildman–Crippen MR) is 81.5 cm³/mol. The van der Waals surface area contributed by atoms with E-state index < -0.39 is 12.0 Å². The number of halogens is 2. The van der Waals surface area contributed by atoms with E-state index in [4.69, 9.17) is 28.3 Å². The highest BCUT2D eigenvalue weighted by molar-refractivity contribution is 7.99. The number of carboxylic acids is 1. The molecule has 19 heavy (non-hydrogen) atoms. The van der Waals surface area contributed by atoms with E-state index in [0.29, 0.717) is 23.0 Å². The second-order valence-electron chi connectivity index (χ2n) is 4.17. The van der Waals surface area contributed by atoms with E-state index in [9.17, 15) is 4.79 Å². The SMILES string of the molecule is CCC(C(=O)O)N(C)CCSc1cc(Cl)ccc1Cl. The molecule has 0 aliphatic rings. The predicted octanol–water partition coefficient (Wildman–Crippen LogP) is 3.88. The fourth-order valence-electron chi connectivity index (χ4n) is 1.72. The summed E-state index contributed by atoms with van der Waals surface area (Å²) in [6.07, 6.45) is 0.592. The first kappa shape index (κ1) is 16.6. The van der Waals surface area contributed by atoms with Crippen molar-refractivity contribution in [2.75, 3.05) is 19.3 Å². The lowest BCUT2D eigenvalue weighted by molar-refractivity contribution is -0.142. The van der Waals surface area contributed by atoms with Gasteiger partial charge in [-0.2, -0.15) is 0 Å². The molecule has 0 bridgehead atoms. The third-order valence-corrected chi connectivity index (χ3v) is 4.51. The van der Waals surface area contributed by atoms with E-state index in [2.05, 4.69) is 0 Å². The molecule has 106 valence electrons. The van der Waals surface area contributed by atoms with Crippen LogP contribution in [0.5, 0.6) is 0 Å². The van der Waals surface area contributed by atoms with Crippen molar-refractivity contribution in [2.24, 2.45) is 0 Å². The van der Waals surface area contributed by atoms with Gasteiger partial charge in [-0.3, -0.25) is 9.69 Å². The number of hydrogen-bond donors (Lipinski definition) is 1. The Morgan fingerprint density at radius 1 is 1.47 bits per heavy atom. The van der Waals surface area contributed by atoms with Gasteiger partial charge in [0.25, 0.3) is 0 Å². The Hall–Kier alpha value is -0.420. The number of nitrogens with zero attached hydrogens (tertiary/aromatic N) is 1. The van der Waals surface area contributed by atoms with E-state index in [1.807, 2.05) is 24.9 Å². The van der Waals surface area contributed by atoms with Gasteiger partial charge in [0.1, 0.15) is 6.04 Å². The average Bonchev–Trinajstić information content (AvgIpc) is 2.34. The van der Waals surface area contributed by atoms with E-state index in [1.165, 1.54) is 0 Å². The van der Waals surface area contributed by atoms with E-state index in [1.54, 1.807) is 23.9 Å². The number of benzene rings is 1. The zero-order valence-corrected chi connectivity index (χ0v) is 13.2. The molecule has 0 aromatic heterocycles. The molecule has 1 aromatic carbocycles. The fourth-order valence-corrected chi connectivity index (χ4v) is 3.25. The molecular weight excluding hydrogens is 305 g/mol. The maximum absolute atomic E-state index is 11.0. The van der Waals surface area contributed by atoms with Crippen LogP contribution in [0.1, 0.15) is 13.3 Å². The number of thioether (sulfide) groups is 1. The fraction of sp³-hybridized carbons (Fsp3) is 0.462. The van der Waals surface area contributed by atoms with Crippen LogP contribution < -0.4 is 0 Å². The molecule has 0 saturated heterocycles. The molecule has 0 radical (unpaired) electrons. The van der Waals surface area contributed by atoms with Gasteiger partial charge >= 0.3 is 5.97 Å². The Bertz CT molecular complexity index is 443. The molecule has 1 unspecified atom stereocenters. The molecule has 6 heteroatoms. The highest BCUT2D eigenvalue weighted by atomic mass is 35.5. The largest absolute Gasteiger partial charge is 0.480 e. The molecule has 0 fully saturated rings. The summed E-state index contributed by atoms with van der Waals surface area (Å²) in [6, 6.07) is 4.90. The maximum Gasteiger partial charge on any atom is 0.320 e. The summed E-state index contributed by atoms with van der Waals surface area (Å²) < 4.78 is 0. The summed E-state index contributed by atoms with van der Waals surface area (Å²) in [6.45, 7) is 2.55. The quantitative estimate of drug-likeness (QED) is 0.774. The van der Waals surface area contributed by atoms with E-state index in [0.717, 1.165) is 10.6 Å². The van der Waals surface area contributed by atoms with Crippen molar-refractivity contribution in [1.29, 1.82) is 0 Å². The third kappa shape index (κ3) is 5.22. The molecular formula is C13H17Cl2NO2S. The molecule has 1 rings (SSSR count). The van der Waals surface area contributed by atoms with Gasteiger partial charge in [-0.25, -0.2) is 0 Å². The first-order valence-electron chi connectivity index (χ1n) is 5.96. The highest BCUT2D eigenvalue weighted by Crippen LogP contribution is 2.29. The van der Waals surface area contributed by atoms with Gasteiger partial charge in [0.15, 0.2) is 0 Å². The van der Waals surface area contributed by atoms with Crippen LogP contribution in [-0.2, 0) is 4.79 Å². The first-order valence-corrected chi connectivity index (χ1v) is 7.70. The van der Waals surface area contributed by atoms with Gasteiger partial charge in [-0.15, -0.1) is 11.8 Å². The Balaban J connectivity index is 2.49. The van der Waals surface area contributed by atoms with Crippen molar-refractivity contribution in [2.45, 2.75) is 24.3 Å². The smallest absolute Gasteiger partial charge is 0.320 e. The lowest BCUT2D eigenvalue weighted by Crippen LogP contribution is -2.39. The van der Waals surface area contributed by atoms with Crippen LogP contribution in [0, 0.1) is 0 Å². The molecule has 3 nitrogen and oxygen atoms in total. The number of rotatable bonds is 7. The molecule has 1 aromatic rings. The van der Waals surface area contributed by atoms with Crippen molar-refractivity contribution in [3.63, 3.8) is 0 Å². The Labute approximate surface area is 127 Å². The first-order chi connectivity index (χ1) is 8.95. The second-order valence-corrected chi connectivity index (χ2v) is 6.15. The third-order valence-electron chi connectivity index (χ3n) is 2.80. The molecule has 0 saturated carbocycles. The summed E-state index contributed by atoms with van der Waals surface area (Å²) in [7, 11) is 1.82. The molecule has 1 atom stereocenters. The molecule has 0 aliphatic heterocycles. The molecule has 0 heterocycles. The topological polar surface area (TPSA) is 40.5 Å². The van der Waals surface area contributed by atoms with Gasteiger partial charge in [0.2, 0.25) is 0 Å². The molecule has 0 amide bonds. The number of carboxylic acid groups (broad SMARTS) is 1. The van der Waals surface area contributed by atoms with Crippen molar-refractivity contribution in [1.82, 2.24) is 4.90 Å². The van der Waals surface area contributed by atoms with Crippen molar-refractivity contribution < 1.29 is 9.90 Å². The Morgan fingerprint density at radius 3 is 2.74 bits per heavy atom. The zero-order valence-electron chi connectivity index (χ0n) is 10.9. The summed E-state index contributed by atoms with van der Waals surface area (Å²) in [4.78, 5) is 13.8. The van der Waals surface area contributed by atoms with Gasteiger partial charge < -0.3 is 5.11 Å². The van der Waals surface area contributed by atoms with Crippen LogP contribution in [0.15, 0.2) is 23.1 Å². The van der Waals surface area contributed by atoms with Gasteiger partial charge in [-0.1, -0.05) is 30.1 Å². The van der Waals surface area contributed by atoms with Crippen LogP contribution >= 0.6 is 35.0 Å². The van der Waals surface area contributed by atoms with Gasteiger partial charge in [-0.05, 0) is 31.7 Å². The summed E-state index contributed by atoms with van der Waals surface area (Å²) in [5.74, 6) is -0.0174. The van der Waals surface area contributed by atoms with Crippen molar-refractivity contribution in [3.8, 4) is 0 Å².